The summed E-state index contributed by atoms with van der Waals surface area (Å²) in [6.07, 6.45) is 3.14. The average molecular weight is 301 g/mol. The molecule has 0 bridgehead atoms. The van der Waals surface area contributed by atoms with Gasteiger partial charge in [-0.2, -0.15) is 0 Å². The number of imidazole rings is 1. The van der Waals surface area contributed by atoms with Gasteiger partial charge in [-0.3, -0.25) is 4.79 Å². The van der Waals surface area contributed by atoms with E-state index in [0.29, 0.717) is 11.2 Å². The topological polar surface area (TPSA) is 63.9 Å². The highest BCUT2D eigenvalue weighted by atomic mass is 32.1. The third kappa shape index (κ3) is 2.52. The first kappa shape index (κ1) is 13.7. The fraction of sp³-hybridized carbons (Fsp3) is 0.286. The number of nitrogens with zero attached hydrogens (tertiary/aromatic N) is 5. The van der Waals surface area contributed by atoms with Gasteiger partial charge in [-0.05, 0) is 19.1 Å². The molecule has 3 aromatic rings. The molecule has 0 saturated carbocycles. The fourth-order valence-corrected chi connectivity index (χ4v) is 2.93. The fourth-order valence-electron chi connectivity index (χ4n) is 2.13. The molecule has 0 aliphatic rings. The molecule has 0 radical (unpaired) electrons. The van der Waals surface area contributed by atoms with Gasteiger partial charge in [-0.15, -0.1) is 11.3 Å². The van der Waals surface area contributed by atoms with Crippen LogP contribution in [0.2, 0.25) is 0 Å². The lowest BCUT2D eigenvalue weighted by Gasteiger charge is -2.10. The Kier molecular flexibility index (Phi) is 3.42. The zero-order valence-electron chi connectivity index (χ0n) is 12.1. The van der Waals surface area contributed by atoms with Gasteiger partial charge in [0.25, 0.3) is 0 Å². The summed E-state index contributed by atoms with van der Waals surface area (Å²) in [7, 11) is 3.81. The Bertz CT molecular complexity index is 805. The van der Waals surface area contributed by atoms with E-state index in [2.05, 4.69) is 15.0 Å². The van der Waals surface area contributed by atoms with Crippen LogP contribution in [-0.4, -0.2) is 39.4 Å². The number of anilines is 1. The van der Waals surface area contributed by atoms with Crippen molar-refractivity contribution < 1.29 is 4.79 Å². The number of carbonyl (C=O) groups is 1. The summed E-state index contributed by atoms with van der Waals surface area (Å²) in [5.74, 6) is 0.815. The summed E-state index contributed by atoms with van der Waals surface area (Å²) < 4.78 is 1.77. The van der Waals surface area contributed by atoms with Crippen LogP contribution in [-0.2, 0) is 6.54 Å². The lowest BCUT2D eigenvalue weighted by atomic mass is 10.3. The smallest absolute Gasteiger partial charge is 0.192 e. The van der Waals surface area contributed by atoms with Crippen molar-refractivity contribution in [3.63, 3.8) is 0 Å². The lowest BCUT2D eigenvalue weighted by Crippen LogP contribution is -2.12. The Morgan fingerprint density at radius 3 is 2.76 bits per heavy atom. The van der Waals surface area contributed by atoms with E-state index in [9.17, 15) is 4.79 Å². The number of Topliss-reactive ketones (excluding diaryl/α,β-unsaturated/α-hetero) is 1. The molecular formula is C14H15N5OS. The molecule has 0 aromatic carbocycles. The van der Waals surface area contributed by atoms with Gasteiger partial charge in [-0.25, -0.2) is 15.0 Å². The zero-order valence-corrected chi connectivity index (χ0v) is 12.9. The van der Waals surface area contributed by atoms with Crippen molar-refractivity contribution in [1.29, 1.82) is 0 Å². The molecule has 6 nitrogen and oxygen atoms in total. The number of carbonyl (C=O) groups excluding carboxylic acids is 1. The van der Waals surface area contributed by atoms with Crippen molar-refractivity contribution >= 4 is 34.1 Å². The predicted octanol–water partition coefficient (Wildman–Crippen LogP) is 2.15. The van der Waals surface area contributed by atoms with Crippen LogP contribution < -0.4 is 4.90 Å². The second-order valence-electron chi connectivity index (χ2n) is 4.97. The van der Waals surface area contributed by atoms with E-state index in [0.717, 1.165) is 15.6 Å². The Balaban J connectivity index is 1.95. The lowest BCUT2D eigenvalue weighted by molar-refractivity contribution is 0.0977. The second kappa shape index (κ2) is 5.25. The van der Waals surface area contributed by atoms with Crippen LogP contribution in [0.5, 0.6) is 0 Å². The number of fused-ring (bicyclic) bond motifs is 1. The minimum Gasteiger partial charge on any atom is -0.361 e. The van der Waals surface area contributed by atoms with Crippen molar-refractivity contribution in [2.24, 2.45) is 0 Å². The second-order valence-corrected chi connectivity index (χ2v) is 6.26. The quantitative estimate of drug-likeness (QED) is 0.691. The standard InChI is InChI=1S/C14H15N5OS/c1-9-4-5-11(21-9)10(20)6-19-8-17-12-13(18(2)3)15-7-16-14(12)19/h4-5,7-8H,6H2,1-3H3. The molecule has 0 N–H and O–H groups in total. The van der Waals surface area contributed by atoms with Crippen molar-refractivity contribution in [1.82, 2.24) is 19.5 Å². The normalized spacial score (nSPS) is 11.0. The molecule has 0 amide bonds. The monoisotopic (exact) mass is 301 g/mol. The molecule has 0 aliphatic carbocycles. The van der Waals surface area contributed by atoms with Crippen molar-refractivity contribution in [2.75, 3.05) is 19.0 Å². The first-order chi connectivity index (χ1) is 10.1. The van der Waals surface area contributed by atoms with E-state index in [1.165, 1.54) is 17.7 Å². The van der Waals surface area contributed by atoms with Gasteiger partial charge < -0.3 is 9.47 Å². The molecule has 0 spiro atoms. The van der Waals surface area contributed by atoms with Crippen LogP contribution in [0.1, 0.15) is 14.5 Å². The molecule has 3 heterocycles. The van der Waals surface area contributed by atoms with E-state index in [-0.39, 0.29) is 12.3 Å². The molecule has 7 heteroatoms. The summed E-state index contributed by atoms with van der Waals surface area (Å²) in [6.45, 7) is 2.23. The van der Waals surface area contributed by atoms with Crippen LogP contribution in [0.15, 0.2) is 24.8 Å². The first-order valence-electron chi connectivity index (χ1n) is 6.49. The third-order valence-corrected chi connectivity index (χ3v) is 4.18. The van der Waals surface area contributed by atoms with Crippen LogP contribution in [0.25, 0.3) is 11.2 Å². The largest absolute Gasteiger partial charge is 0.361 e. The predicted molar refractivity (Wildman–Crippen MR) is 83.0 cm³/mol. The maximum absolute atomic E-state index is 12.3. The van der Waals surface area contributed by atoms with Gasteiger partial charge in [0, 0.05) is 19.0 Å². The van der Waals surface area contributed by atoms with Gasteiger partial charge in [0.1, 0.15) is 6.33 Å². The first-order valence-corrected chi connectivity index (χ1v) is 7.30. The minimum atomic E-state index is 0.0671. The number of aryl methyl sites for hydroxylation is 1. The van der Waals surface area contributed by atoms with Gasteiger partial charge in [0.05, 0.1) is 17.7 Å². The van der Waals surface area contributed by atoms with Gasteiger partial charge in [0.2, 0.25) is 0 Å². The van der Waals surface area contributed by atoms with E-state index in [1.807, 2.05) is 38.1 Å². The summed E-state index contributed by atoms with van der Waals surface area (Å²) >= 11 is 1.51. The maximum atomic E-state index is 12.3. The van der Waals surface area contributed by atoms with Crippen molar-refractivity contribution in [3.05, 3.63) is 34.5 Å². The highest BCUT2D eigenvalue weighted by Gasteiger charge is 2.15. The summed E-state index contributed by atoms with van der Waals surface area (Å²) in [5.41, 5.74) is 1.38. The summed E-state index contributed by atoms with van der Waals surface area (Å²) in [5, 5.41) is 0. The van der Waals surface area contributed by atoms with Gasteiger partial charge >= 0.3 is 0 Å². The Labute approximate surface area is 126 Å². The number of hydrogen-bond acceptors (Lipinski definition) is 6. The van der Waals surface area contributed by atoms with E-state index >= 15 is 0 Å². The molecule has 108 valence electrons. The zero-order chi connectivity index (χ0) is 15.0. The SMILES string of the molecule is Cc1ccc(C(=O)Cn2cnc3c(N(C)C)ncnc32)s1. The maximum Gasteiger partial charge on any atom is 0.192 e. The van der Waals surface area contributed by atoms with E-state index in [1.54, 1.807) is 10.9 Å². The van der Waals surface area contributed by atoms with E-state index in [4.69, 9.17) is 0 Å². The van der Waals surface area contributed by atoms with Crippen LogP contribution in [0, 0.1) is 6.92 Å². The van der Waals surface area contributed by atoms with Gasteiger partial charge in [0.15, 0.2) is 22.8 Å². The molecule has 21 heavy (non-hydrogen) atoms. The number of rotatable bonds is 4. The molecule has 0 unspecified atom stereocenters. The van der Waals surface area contributed by atoms with Gasteiger partial charge in [-0.1, -0.05) is 0 Å². The molecule has 0 aliphatic heterocycles. The molecule has 0 saturated heterocycles. The molecular weight excluding hydrogens is 286 g/mol. The summed E-state index contributed by atoms with van der Waals surface area (Å²) in [6, 6.07) is 3.82. The highest BCUT2D eigenvalue weighted by Crippen LogP contribution is 2.21. The van der Waals surface area contributed by atoms with E-state index < -0.39 is 0 Å². The molecule has 3 aromatic heterocycles. The minimum absolute atomic E-state index is 0.0671. The molecule has 3 rings (SSSR count). The number of thiophene rings is 1. The molecule has 0 atom stereocenters. The van der Waals surface area contributed by atoms with Crippen molar-refractivity contribution in [2.45, 2.75) is 13.5 Å². The van der Waals surface area contributed by atoms with Crippen molar-refractivity contribution in [3.8, 4) is 0 Å². The van der Waals surface area contributed by atoms with Crippen LogP contribution in [0.3, 0.4) is 0 Å². The number of ketones is 1. The highest BCUT2D eigenvalue weighted by molar-refractivity contribution is 7.14. The Morgan fingerprint density at radius 1 is 1.29 bits per heavy atom. The number of aromatic nitrogens is 4. The average Bonchev–Trinajstić information content (AvgIpc) is 3.05. The van der Waals surface area contributed by atoms with Crippen LogP contribution >= 0.6 is 11.3 Å². The summed E-state index contributed by atoms with van der Waals surface area (Å²) in [4.78, 5) is 28.9. The third-order valence-electron chi connectivity index (χ3n) is 3.13. The van der Waals surface area contributed by atoms with Crippen LogP contribution in [0.4, 0.5) is 5.82 Å². The Morgan fingerprint density at radius 2 is 2.10 bits per heavy atom. The Hall–Kier alpha value is -2.28. The number of hydrogen-bond donors (Lipinski definition) is 0. The molecule has 0 fully saturated rings.